The zero-order valence-corrected chi connectivity index (χ0v) is 21.7. The van der Waals surface area contributed by atoms with Crippen molar-refractivity contribution in [1.82, 2.24) is 19.7 Å². The van der Waals surface area contributed by atoms with Crippen LogP contribution in [0.2, 0.25) is 5.15 Å². The Balaban J connectivity index is 1.43. The van der Waals surface area contributed by atoms with Gasteiger partial charge in [-0.2, -0.15) is 18.3 Å². The smallest absolute Gasteiger partial charge is 0.391 e. The van der Waals surface area contributed by atoms with E-state index in [1.165, 1.54) is 17.4 Å². The Morgan fingerprint density at radius 2 is 2.03 bits per heavy atom. The highest BCUT2D eigenvalue weighted by Crippen LogP contribution is 2.28. The standard InChI is InChI=1S/C25H22ClF3N6O2S/c1-2-34(20-15-35(32-24(20)26)18-5-3-11-30-14-18)23(36)10-8-19(21-6-4-12-38-21)33-37-16-17-7-9-22(31-13-17)25(27,28)29/h3-7,9,11-15H,2,8,10,16H2,1H3. The summed E-state index contributed by atoms with van der Waals surface area (Å²) >= 11 is 7.80. The van der Waals surface area contributed by atoms with Crippen molar-refractivity contribution in [1.29, 1.82) is 0 Å². The summed E-state index contributed by atoms with van der Waals surface area (Å²) in [5.74, 6) is -0.184. The van der Waals surface area contributed by atoms with Gasteiger partial charge in [0.2, 0.25) is 5.91 Å². The van der Waals surface area contributed by atoms with Crippen molar-refractivity contribution >= 4 is 40.2 Å². The summed E-state index contributed by atoms with van der Waals surface area (Å²) in [5.41, 5.74) is 1.18. The van der Waals surface area contributed by atoms with Gasteiger partial charge in [-0.05, 0) is 36.6 Å². The number of amides is 1. The number of rotatable bonds is 10. The summed E-state index contributed by atoms with van der Waals surface area (Å²) in [7, 11) is 0. The molecule has 8 nitrogen and oxygen atoms in total. The van der Waals surface area contributed by atoms with Gasteiger partial charge in [-0.3, -0.25) is 14.8 Å². The van der Waals surface area contributed by atoms with Gasteiger partial charge in [0.15, 0.2) is 5.15 Å². The highest BCUT2D eigenvalue weighted by molar-refractivity contribution is 7.12. The lowest BCUT2D eigenvalue weighted by Gasteiger charge is -2.19. The molecule has 0 radical (unpaired) electrons. The lowest BCUT2D eigenvalue weighted by atomic mass is 10.1. The molecule has 0 saturated heterocycles. The third-order valence-corrected chi connectivity index (χ3v) is 6.56. The Kier molecular flexibility index (Phi) is 8.74. The van der Waals surface area contributed by atoms with Crippen LogP contribution in [-0.2, 0) is 22.4 Å². The average Bonchev–Trinajstić information content (AvgIpc) is 3.57. The molecule has 38 heavy (non-hydrogen) atoms. The van der Waals surface area contributed by atoms with Gasteiger partial charge in [0.1, 0.15) is 18.0 Å². The molecule has 0 aromatic carbocycles. The Morgan fingerprint density at radius 1 is 1.18 bits per heavy atom. The van der Waals surface area contributed by atoms with Gasteiger partial charge in [0.25, 0.3) is 0 Å². The van der Waals surface area contributed by atoms with Gasteiger partial charge < -0.3 is 9.74 Å². The van der Waals surface area contributed by atoms with E-state index in [0.29, 0.717) is 29.2 Å². The van der Waals surface area contributed by atoms with E-state index in [4.69, 9.17) is 16.4 Å². The summed E-state index contributed by atoms with van der Waals surface area (Å²) in [5, 5.41) is 10.5. The Bertz CT molecular complexity index is 1380. The second-order valence-corrected chi connectivity index (χ2v) is 9.24. The van der Waals surface area contributed by atoms with Crippen LogP contribution in [0.15, 0.2) is 71.7 Å². The van der Waals surface area contributed by atoms with E-state index in [1.807, 2.05) is 30.5 Å². The summed E-state index contributed by atoms with van der Waals surface area (Å²) in [6.07, 6.45) is 1.94. The first kappa shape index (κ1) is 27.3. The van der Waals surface area contributed by atoms with E-state index in [0.717, 1.165) is 17.1 Å². The topological polar surface area (TPSA) is 85.5 Å². The highest BCUT2D eigenvalue weighted by atomic mass is 35.5. The number of alkyl halides is 3. The summed E-state index contributed by atoms with van der Waals surface area (Å²) < 4.78 is 39.7. The highest BCUT2D eigenvalue weighted by Gasteiger charge is 2.32. The minimum Gasteiger partial charge on any atom is -0.391 e. The number of oxime groups is 1. The zero-order valence-electron chi connectivity index (χ0n) is 20.1. The number of halogens is 4. The van der Waals surface area contributed by atoms with Crippen molar-refractivity contribution in [2.75, 3.05) is 11.4 Å². The number of pyridine rings is 2. The number of carbonyl (C=O) groups is 1. The van der Waals surface area contributed by atoms with Gasteiger partial charge in [-0.15, -0.1) is 11.3 Å². The van der Waals surface area contributed by atoms with Crippen molar-refractivity contribution in [2.45, 2.75) is 32.5 Å². The quantitative estimate of drug-likeness (QED) is 0.171. The fourth-order valence-electron chi connectivity index (χ4n) is 3.51. The number of anilines is 1. The van der Waals surface area contributed by atoms with Crippen molar-refractivity contribution < 1.29 is 22.8 Å². The van der Waals surface area contributed by atoms with Crippen molar-refractivity contribution in [3.63, 3.8) is 0 Å². The molecule has 0 spiro atoms. The van der Waals surface area contributed by atoms with Crippen LogP contribution in [-0.4, -0.2) is 37.9 Å². The molecule has 0 saturated carbocycles. The van der Waals surface area contributed by atoms with Gasteiger partial charge in [-0.1, -0.05) is 28.9 Å². The minimum atomic E-state index is -4.51. The van der Waals surface area contributed by atoms with Gasteiger partial charge in [-0.25, -0.2) is 4.68 Å². The van der Waals surface area contributed by atoms with Gasteiger partial charge in [0, 0.05) is 37.3 Å². The second-order valence-electron chi connectivity index (χ2n) is 7.94. The third kappa shape index (κ3) is 6.75. The van der Waals surface area contributed by atoms with Crippen molar-refractivity contribution in [2.24, 2.45) is 5.16 Å². The first-order valence-corrected chi connectivity index (χ1v) is 12.7. The van der Waals surface area contributed by atoms with E-state index in [-0.39, 0.29) is 30.5 Å². The monoisotopic (exact) mass is 562 g/mol. The lowest BCUT2D eigenvalue weighted by molar-refractivity contribution is -0.141. The maximum absolute atomic E-state index is 13.2. The van der Waals surface area contributed by atoms with Crippen LogP contribution in [0.1, 0.15) is 35.9 Å². The molecule has 198 valence electrons. The molecule has 4 rings (SSSR count). The molecule has 0 aliphatic heterocycles. The fourth-order valence-corrected chi connectivity index (χ4v) is 4.48. The van der Waals surface area contributed by atoms with E-state index >= 15 is 0 Å². The van der Waals surface area contributed by atoms with Gasteiger partial charge >= 0.3 is 6.18 Å². The maximum atomic E-state index is 13.2. The van der Waals surface area contributed by atoms with E-state index in [1.54, 1.807) is 34.2 Å². The van der Waals surface area contributed by atoms with Crippen LogP contribution in [0, 0.1) is 0 Å². The first-order chi connectivity index (χ1) is 18.3. The van der Waals surface area contributed by atoms with Crippen LogP contribution < -0.4 is 4.90 Å². The number of carbonyl (C=O) groups excluding carboxylic acids is 1. The molecule has 0 atom stereocenters. The molecule has 0 fully saturated rings. The average molecular weight is 563 g/mol. The predicted octanol–water partition coefficient (Wildman–Crippen LogP) is 6.15. The normalized spacial score (nSPS) is 12.0. The molecule has 0 aliphatic rings. The van der Waals surface area contributed by atoms with E-state index in [9.17, 15) is 18.0 Å². The molecule has 0 aliphatic carbocycles. The Labute approximate surface area is 225 Å². The van der Waals surface area contributed by atoms with Crippen LogP contribution in [0.3, 0.4) is 0 Å². The molecular weight excluding hydrogens is 541 g/mol. The number of aromatic nitrogens is 4. The molecule has 4 heterocycles. The molecule has 0 bridgehead atoms. The molecule has 4 aromatic rings. The summed E-state index contributed by atoms with van der Waals surface area (Å²) in [6.45, 7) is 2.14. The molecule has 0 unspecified atom stereocenters. The molecule has 13 heteroatoms. The molecule has 1 amide bonds. The number of nitrogens with zero attached hydrogens (tertiary/aromatic N) is 6. The summed E-state index contributed by atoms with van der Waals surface area (Å²) in [6, 6.07) is 9.47. The molecule has 4 aromatic heterocycles. The van der Waals surface area contributed by atoms with Crippen LogP contribution in [0.5, 0.6) is 0 Å². The lowest BCUT2D eigenvalue weighted by Crippen LogP contribution is -2.30. The minimum absolute atomic E-state index is 0.0713. The number of hydrogen-bond donors (Lipinski definition) is 0. The molecular formula is C25H22ClF3N6O2S. The SMILES string of the molecule is CCN(C(=O)CCC(=NOCc1ccc(C(F)(F)F)nc1)c1cccs1)c1cn(-c2cccnc2)nc1Cl. The number of thiophene rings is 1. The summed E-state index contributed by atoms with van der Waals surface area (Å²) in [4.78, 5) is 28.4. The van der Waals surface area contributed by atoms with E-state index in [2.05, 4.69) is 20.2 Å². The van der Waals surface area contributed by atoms with Crippen LogP contribution >= 0.6 is 22.9 Å². The Morgan fingerprint density at radius 3 is 2.66 bits per heavy atom. The first-order valence-electron chi connectivity index (χ1n) is 11.5. The van der Waals surface area contributed by atoms with Crippen molar-refractivity contribution in [3.05, 3.63) is 87.9 Å². The largest absolute Gasteiger partial charge is 0.433 e. The third-order valence-electron chi connectivity index (χ3n) is 5.37. The zero-order chi connectivity index (χ0) is 27.1. The predicted molar refractivity (Wildman–Crippen MR) is 139 cm³/mol. The second kappa shape index (κ2) is 12.2. The molecule has 0 N–H and O–H groups in total. The number of hydrogen-bond acceptors (Lipinski definition) is 7. The van der Waals surface area contributed by atoms with E-state index < -0.39 is 11.9 Å². The van der Waals surface area contributed by atoms with Gasteiger partial charge in [0.05, 0.1) is 28.7 Å². The van der Waals surface area contributed by atoms with Crippen LogP contribution in [0.25, 0.3) is 5.69 Å². The van der Waals surface area contributed by atoms with Crippen molar-refractivity contribution in [3.8, 4) is 5.69 Å². The van der Waals surface area contributed by atoms with Crippen LogP contribution in [0.4, 0.5) is 18.9 Å². The Hall–Kier alpha value is -3.77. The maximum Gasteiger partial charge on any atom is 0.433 e. The fraction of sp³-hybridized carbons (Fsp3) is 0.240.